The molecule has 0 aliphatic heterocycles. The van der Waals surface area contributed by atoms with E-state index >= 15 is 0 Å². The van der Waals surface area contributed by atoms with Crippen molar-refractivity contribution in [3.63, 3.8) is 0 Å². The third kappa shape index (κ3) is 4.83. The minimum atomic E-state index is -0.388. The summed E-state index contributed by atoms with van der Waals surface area (Å²) in [5.41, 5.74) is 2.85. The second-order valence-corrected chi connectivity index (χ2v) is 6.26. The molecule has 0 aliphatic carbocycles. The van der Waals surface area contributed by atoms with Crippen LogP contribution in [0.15, 0.2) is 72.8 Å². The molecule has 3 rings (SSSR count). The summed E-state index contributed by atoms with van der Waals surface area (Å²) in [7, 11) is 0. The van der Waals surface area contributed by atoms with E-state index in [1.54, 1.807) is 30.3 Å². The van der Waals surface area contributed by atoms with Crippen molar-refractivity contribution in [2.75, 3.05) is 10.6 Å². The molecule has 0 aromatic heterocycles. The van der Waals surface area contributed by atoms with Crippen molar-refractivity contribution in [1.29, 1.82) is 0 Å². The Morgan fingerprint density at radius 3 is 2.42 bits per heavy atom. The van der Waals surface area contributed by atoms with Gasteiger partial charge in [0.1, 0.15) is 5.82 Å². The lowest BCUT2D eigenvalue weighted by atomic mass is 10.1. The highest BCUT2D eigenvalue weighted by atomic mass is 35.5. The first-order valence-corrected chi connectivity index (χ1v) is 8.60. The molecule has 3 aromatic carbocycles. The summed E-state index contributed by atoms with van der Waals surface area (Å²) >= 11 is 6.29. The smallest absolute Gasteiger partial charge is 0.228 e. The standard InChI is InChI=1S/C21H18ClFN2O/c22-18-13-17(25-21(26)12-16-8-4-5-9-19(16)23)10-11-20(18)24-14-15-6-2-1-3-7-15/h1-11,13,24H,12,14H2,(H,25,26). The van der Waals surface area contributed by atoms with Crippen LogP contribution in [-0.4, -0.2) is 5.91 Å². The van der Waals surface area contributed by atoms with Gasteiger partial charge in [-0.3, -0.25) is 4.79 Å². The van der Waals surface area contributed by atoms with Gasteiger partial charge in [-0.05, 0) is 35.4 Å². The van der Waals surface area contributed by atoms with E-state index < -0.39 is 0 Å². The lowest BCUT2D eigenvalue weighted by molar-refractivity contribution is -0.115. The summed E-state index contributed by atoms with van der Waals surface area (Å²) < 4.78 is 13.6. The Labute approximate surface area is 156 Å². The Kier molecular flexibility index (Phi) is 5.87. The van der Waals surface area contributed by atoms with E-state index in [2.05, 4.69) is 10.6 Å². The molecular formula is C21H18ClFN2O. The van der Waals surface area contributed by atoms with Crippen molar-refractivity contribution in [3.05, 3.63) is 94.8 Å². The first kappa shape index (κ1) is 18.0. The van der Waals surface area contributed by atoms with Crippen molar-refractivity contribution >= 4 is 28.9 Å². The second-order valence-electron chi connectivity index (χ2n) is 5.85. The van der Waals surface area contributed by atoms with E-state index in [1.807, 2.05) is 36.4 Å². The largest absolute Gasteiger partial charge is 0.380 e. The molecule has 2 N–H and O–H groups in total. The van der Waals surface area contributed by atoms with E-state index in [0.717, 1.165) is 11.3 Å². The first-order chi connectivity index (χ1) is 12.6. The van der Waals surface area contributed by atoms with Crippen LogP contribution in [0.2, 0.25) is 5.02 Å². The molecule has 3 aromatic rings. The molecule has 0 radical (unpaired) electrons. The van der Waals surface area contributed by atoms with Crippen LogP contribution in [0.3, 0.4) is 0 Å². The number of amides is 1. The van der Waals surface area contributed by atoms with Gasteiger partial charge >= 0.3 is 0 Å². The van der Waals surface area contributed by atoms with Gasteiger partial charge in [-0.2, -0.15) is 0 Å². The van der Waals surface area contributed by atoms with Crippen molar-refractivity contribution < 1.29 is 9.18 Å². The van der Waals surface area contributed by atoms with Crippen molar-refractivity contribution in [3.8, 4) is 0 Å². The predicted octanol–water partition coefficient (Wildman–Crippen LogP) is 5.27. The molecule has 0 aliphatic rings. The van der Waals surface area contributed by atoms with Crippen LogP contribution in [0.4, 0.5) is 15.8 Å². The van der Waals surface area contributed by atoms with Gasteiger partial charge in [-0.1, -0.05) is 60.1 Å². The number of anilines is 2. The van der Waals surface area contributed by atoms with E-state index in [9.17, 15) is 9.18 Å². The maximum atomic E-state index is 13.6. The zero-order valence-electron chi connectivity index (χ0n) is 14.0. The molecule has 0 bridgehead atoms. The number of hydrogen-bond donors (Lipinski definition) is 2. The van der Waals surface area contributed by atoms with E-state index in [4.69, 9.17) is 11.6 Å². The van der Waals surface area contributed by atoms with Gasteiger partial charge in [0, 0.05) is 12.2 Å². The number of carbonyl (C=O) groups excluding carboxylic acids is 1. The van der Waals surface area contributed by atoms with E-state index in [0.29, 0.717) is 22.8 Å². The van der Waals surface area contributed by atoms with E-state index in [1.165, 1.54) is 6.07 Å². The summed E-state index contributed by atoms with van der Waals surface area (Å²) in [4.78, 5) is 12.1. The highest BCUT2D eigenvalue weighted by molar-refractivity contribution is 6.33. The normalized spacial score (nSPS) is 10.4. The third-order valence-corrected chi connectivity index (χ3v) is 4.20. The van der Waals surface area contributed by atoms with Crippen LogP contribution in [0, 0.1) is 5.82 Å². The molecule has 132 valence electrons. The molecule has 0 unspecified atom stereocenters. The average molecular weight is 369 g/mol. The van der Waals surface area contributed by atoms with Crippen LogP contribution in [0.25, 0.3) is 0 Å². The SMILES string of the molecule is O=C(Cc1ccccc1F)Nc1ccc(NCc2ccccc2)c(Cl)c1. The van der Waals surface area contributed by atoms with Gasteiger partial charge in [-0.25, -0.2) is 4.39 Å². The average Bonchev–Trinajstić information content (AvgIpc) is 2.64. The number of rotatable bonds is 6. The minimum Gasteiger partial charge on any atom is -0.380 e. The first-order valence-electron chi connectivity index (χ1n) is 8.22. The van der Waals surface area contributed by atoms with Gasteiger partial charge in [0.2, 0.25) is 5.91 Å². The Hall–Kier alpha value is -2.85. The quantitative estimate of drug-likeness (QED) is 0.622. The fourth-order valence-electron chi connectivity index (χ4n) is 2.55. The number of carbonyl (C=O) groups is 1. The Bertz CT molecular complexity index is 900. The molecular weight excluding hydrogens is 351 g/mol. The zero-order chi connectivity index (χ0) is 18.4. The molecule has 3 nitrogen and oxygen atoms in total. The maximum absolute atomic E-state index is 13.6. The number of benzene rings is 3. The van der Waals surface area contributed by atoms with Gasteiger partial charge < -0.3 is 10.6 Å². The Morgan fingerprint density at radius 2 is 1.69 bits per heavy atom. The monoisotopic (exact) mass is 368 g/mol. The molecule has 0 spiro atoms. The summed E-state index contributed by atoms with van der Waals surface area (Å²) in [6.07, 6.45) is -0.0295. The van der Waals surface area contributed by atoms with Crippen LogP contribution in [0.1, 0.15) is 11.1 Å². The topological polar surface area (TPSA) is 41.1 Å². The lowest BCUT2D eigenvalue weighted by Crippen LogP contribution is -2.15. The van der Waals surface area contributed by atoms with Crippen molar-refractivity contribution in [2.24, 2.45) is 0 Å². The molecule has 0 heterocycles. The van der Waals surface area contributed by atoms with Gasteiger partial charge in [0.05, 0.1) is 17.1 Å². The van der Waals surface area contributed by atoms with Gasteiger partial charge in [-0.15, -0.1) is 0 Å². The van der Waals surface area contributed by atoms with Crippen LogP contribution >= 0.6 is 11.6 Å². The highest BCUT2D eigenvalue weighted by Crippen LogP contribution is 2.26. The maximum Gasteiger partial charge on any atom is 0.228 e. The van der Waals surface area contributed by atoms with Crippen LogP contribution in [-0.2, 0) is 17.8 Å². The van der Waals surface area contributed by atoms with Crippen LogP contribution in [0.5, 0.6) is 0 Å². The summed E-state index contributed by atoms with van der Waals surface area (Å²) in [5.74, 6) is -0.683. The summed E-state index contributed by atoms with van der Waals surface area (Å²) in [6.45, 7) is 0.652. The Morgan fingerprint density at radius 1 is 0.962 bits per heavy atom. The molecule has 0 saturated carbocycles. The molecule has 0 atom stereocenters. The molecule has 0 fully saturated rings. The highest BCUT2D eigenvalue weighted by Gasteiger charge is 2.09. The van der Waals surface area contributed by atoms with Crippen molar-refractivity contribution in [2.45, 2.75) is 13.0 Å². The van der Waals surface area contributed by atoms with Gasteiger partial charge in [0.15, 0.2) is 0 Å². The molecule has 0 saturated heterocycles. The van der Waals surface area contributed by atoms with E-state index in [-0.39, 0.29) is 18.1 Å². The number of halogens is 2. The zero-order valence-corrected chi connectivity index (χ0v) is 14.8. The fraction of sp³-hybridized carbons (Fsp3) is 0.0952. The minimum absolute atomic E-state index is 0.0295. The lowest BCUT2D eigenvalue weighted by Gasteiger charge is -2.11. The molecule has 26 heavy (non-hydrogen) atoms. The molecule has 1 amide bonds. The Balaban J connectivity index is 1.60. The third-order valence-electron chi connectivity index (χ3n) is 3.89. The van der Waals surface area contributed by atoms with Gasteiger partial charge in [0.25, 0.3) is 0 Å². The number of nitrogens with one attached hydrogen (secondary N) is 2. The van der Waals surface area contributed by atoms with Crippen LogP contribution < -0.4 is 10.6 Å². The summed E-state index contributed by atoms with van der Waals surface area (Å²) in [6, 6.07) is 21.5. The molecule has 5 heteroatoms. The number of hydrogen-bond acceptors (Lipinski definition) is 2. The predicted molar refractivity (Wildman–Crippen MR) is 104 cm³/mol. The second kappa shape index (κ2) is 8.50. The fourth-order valence-corrected chi connectivity index (χ4v) is 2.80. The van der Waals surface area contributed by atoms with Crippen molar-refractivity contribution in [1.82, 2.24) is 0 Å². The summed E-state index contributed by atoms with van der Waals surface area (Å²) in [5, 5.41) is 6.51.